The van der Waals surface area contributed by atoms with Gasteiger partial charge in [0, 0.05) is 12.5 Å². The number of nitrogens with zero attached hydrogens (tertiary/aromatic N) is 1. The molecule has 1 amide bonds. The highest BCUT2D eigenvalue weighted by molar-refractivity contribution is 9.11. The lowest BCUT2D eigenvalue weighted by Crippen LogP contribution is -2.43. The molecule has 0 saturated heterocycles. The third kappa shape index (κ3) is 4.10. The third-order valence-electron chi connectivity index (χ3n) is 2.46. The maximum atomic E-state index is 12.0. The summed E-state index contributed by atoms with van der Waals surface area (Å²) in [6.07, 6.45) is 0. The topological polar surface area (TPSA) is 88.5 Å². The number of aromatic nitrogens is 1. The average molecular weight is 391 g/mol. The van der Waals surface area contributed by atoms with Crippen molar-refractivity contribution in [3.05, 3.63) is 27.0 Å². The Morgan fingerprint density at radius 3 is 2.86 bits per heavy atom. The number of aliphatic carboxylic acids is 1. The Morgan fingerprint density at radius 2 is 2.29 bits per heavy atom. The second-order valence-electron chi connectivity index (χ2n) is 3.96. The zero-order valence-electron chi connectivity index (χ0n) is 10.8. The van der Waals surface area contributed by atoms with Crippen molar-refractivity contribution in [1.29, 1.82) is 0 Å². The van der Waals surface area contributed by atoms with Crippen LogP contribution < -0.4 is 5.32 Å². The van der Waals surface area contributed by atoms with Crippen molar-refractivity contribution < 1.29 is 19.4 Å². The molecule has 21 heavy (non-hydrogen) atoms. The van der Waals surface area contributed by atoms with E-state index in [2.05, 4.69) is 26.2 Å². The van der Waals surface area contributed by atoms with E-state index in [1.807, 2.05) is 12.1 Å². The summed E-state index contributed by atoms with van der Waals surface area (Å²) in [5.74, 6) is -1.68. The molecule has 1 atom stereocenters. The van der Waals surface area contributed by atoms with Crippen molar-refractivity contribution in [2.24, 2.45) is 0 Å². The zero-order valence-corrected chi connectivity index (χ0v) is 14.0. The zero-order chi connectivity index (χ0) is 15.4. The van der Waals surface area contributed by atoms with Gasteiger partial charge in [-0.05, 0) is 28.1 Å². The van der Waals surface area contributed by atoms with E-state index in [1.54, 1.807) is 5.38 Å². The van der Waals surface area contributed by atoms with E-state index in [0.29, 0.717) is 0 Å². The number of rotatable bonds is 6. The number of nitrogens with one attached hydrogen (secondary N) is 1. The molecule has 2 aromatic heterocycles. The quantitative estimate of drug-likeness (QED) is 0.790. The van der Waals surface area contributed by atoms with Gasteiger partial charge in [0.1, 0.15) is 10.7 Å². The Hall–Kier alpha value is -1.29. The van der Waals surface area contributed by atoms with E-state index >= 15 is 0 Å². The van der Waals surface area contributed by atoms with Gasteiger partial charge in [0.25, 0.3) is 5.91 Å². The summed E-state index contributed by atoms with van der Waals surface area (Å²) in [5, 5.41) is 13.7. The number of hydrogen-bond acceptors (Lipinski definition) is 6. The molecule has 2 N–H and O–H groups in total. The van der Waals surface area contributed by atoms with Gasteiger partial charge < -0.3 is 15.2 Å². The van der Waals surface area contributed by atoms with Gasteiger partial charge in [-0.2, -0.15) is 0 Å². The summed E-state index contributed by atoms with van der Waals surface area (Å²) in [6, 6.07) is 2.71. The van der Waals surface area contributed by atoms with E-state index in [4.69, 9.17) is 9.84 Å². The second kappa shape index (κ2) is 7.12. The highest BCUT2D eigenvalue weighted by Crippen LogP contribution is 2.33. The lowest BCUT2D eigenvalue weighted by molar-refractivity contribution is -0.140. The number of carboxylic acids is 1. The number of ether oxygens (including phenoxy) is 1. The Morgan fingerprint density at radius 1 is 1.52 bits per heavy atom. The normalized spacial score (nSPS) is 12.1. The molecule has 112 valence electrons. The standard InChI is InChI=1S/C12H11BrN2O4S2/c1-19-4-6(12(17)18)14-10(16)7-5-20-11(15-7)8-2-3-9(13)21-8/h2-3,5-6H,4H2,1H3,(H,14,16)(H,17,18). The molecule has 0 aromatic carbocycles. The number of hydrogen-bond donors (Lipinski definition) is 2. The summed E-state index contributed by atoms with van der Waals surface area (Å²) in [4.78, 5) is 28.1. The first-order valence-corrected chi connectivity index (χ1v) is 8.24. The van der Waals surface area contributed by atoms with E-state index in [-0.39, 0.29) is 12.3 Å². The van der Waals surface area contributed by atoms with Crippen LogP contribution in [0.3, 0.4) is 0 Å². The van der Waals surface area contributed by atoms with Crippen LogP contribution in [0.4, 0.5) is 0 Å². The molecule has 0 aliphatic carbocycles. The fourth-order valence-corrected chi connectivity index (χ4v) is 3.75. The first-order chi connectivity index (χ1) is 10.0. The Labute approximate surface area is 136 Å². The molecular weight excluding hydrogens is 380 g/mol. The van der Waals surface area contributed by atoms with Crippen LogP contribution in [0.2, 0.25) is 0 Å². The number of methoxy groups -OCH3 is 1. The third-order valence-corrected chi connectivity index (χ3v) is 5.09. The Bertz CT molecular complexity index is 655. The van der Waals surface area contributed by atoms with Crippen LogP contribution in [0.1, 0.15) is 10.5 Å². The highest BCUT2D eigenvalue weighted by Gasteiger charge is 2.22. The summed E-state index contributed by atoms with van der Waals surface area (Å²) in [5.41, 5.74) is 0.196. The molecule has 2 rings (SSSR count). The van der Waals surface area contributed by atoms with Crippen LogP contribution in [0.5, 0.6) is 0 Å². The van der Waals surface area contributed by atoms with Crippen molar-refractivity contribution in [3.8, 4) is 9.88 Å². The molecule has 0 spiro atoms. The van der Waals surface area contributed by atoms with E-state index in [1.165, 1.54) is 29.8 Å². The molecule has 2 aromatic rings. The van der Waals surface area contributed by atoms with E-state index in [9.17, 15) is 9.59 Å². The Balaban J connectivity index is 2.10. The first kappa shape index (κ1) is 16.1. The number of amides is 1. The van der Waals surface area contributed by atoms with Gasteiger partial charge in [0.05, 0.1) is 15.3 Å². The van der Waals surface area contributed by atoms with Gasteiger partial charge in [-0.3, -0.25) is 4.79 Å². The predicted octanol–water partition coefficient (Wildman–Crippen LogP) is 2.46. The lowest BCUT2D eigenvalue weighted by atomic mass is 10.3. The smallest absolute Gasteiger partial charge is 0.328 e. The summed E-state index contributed by atoms with van der Waals surface area (Å²) < 4.78 is 5.74. The molecule has 0 radical (unpaired) electrons. The van der Waals surface area contributed by atoms with Crippen molar-refractivity contribution in [2.75, 3.05) is 13.7 Å². The summed E-state index contributed by atoms with van der Waals surface area (Å²) >= 11 is 6.21. The number of carboxylic acid groups (broad SMARTS) is 1. The van der Waals surface area contributed by atoms with Crippen LogP contribution >= 0.6 is 38.6 Å². The second-order valence-corrected chi connectivity index (χ2v) is 7.28. The van der Waals surface area contributed by atoms with Crippen LogP contribution in [-0.4, -0.2) is 41.7 Å². The molecule has 0 saturated carbocycles. The largest absolute Gasteiger partial charge is 0.480 e. The van der Waals surface area contributed by atoms with E-state index < -0.39 is 17.9 Å². The number of carbonyl (C=O) groups is 2. The Kier molecular flexibility index (Phi) is 5.45. The number of thiazole rings is 1. The van der Waals surface area contributed by atoms with E-state index in [0.717, 1.165) is 13.7 Å². The van der Waals surface area contributed by atoms with Gasteiger partial charge in [0.2, 0.25) is 0 Å². The monoisotopic (exact) mass is 390 g/mol. The van der Waals surface area contributed by atoms with Crippen molar-refractivity contribution in [3.63, 3.8) is 0 Å². The first-order valence-electron chi connectivity index (χ1n) is 5.75. The fraction of sp³-hybridized carbons (Fsp3) is 0.250. The fourth-order valence-electron chi connectivity index (χ4n) is 1.49. The molecule has 6 nitrogen and oxygen atoms in total. The van der Waals surface area contributed by atoms with Crippen LogP contribution in [0.25, 0.3) is 9.88 Å². The van der Waals surface area contributed by atoms with Crippen LogP contribution in [0, 0.1) is 0 Å². The van der Waals surface area contributed by atoms with Gasteiger partial charge in [0.15, 0.2) is 6.04 Å². The van der Waals surface area contributed by atoms with Crippen LogP contribution in [-0.2, 0) is 9.53 Å². The molecule has 1 unspecified atom stereocenters. The predicted molar refractivity (Wildman–Crippen MR) is 83.9 cm³/mol. The lowest BCUT2D eigenvalue weighted by Gasteiger charge is -2.12. The molecular formula is C12H11BrN2O4S2. The summed E-state index contributed by atoms with van der Waals surface area (Å²) in [7, 11) is 1.37. The average Bonchev–Trinajstić information content (AvgIpc) is 3.06. The molecule has 0 aliphatic heterocycles. The van der Waals surface area contributed by atoms with Crippen LogP contribution in [0.15, 0.2) is 21.3 Å². The maximum Gasteiger partial charge on any atom is 0.328 e. The minimum absolute atomic E-state index is 0.101. The molecule has 2 heterocycles. The van der Waals surface area contributed by atoms with Gasteiger partial charge in [-0.25, -0.2) is 9.78 Å². The number of thiophene rings is 1. The van der Waals surface area contributed by atoms with Gasteiger partial charge in [-0.1, -0.05) is 0 Å². The highest BCUT2D eigenvalue weighted by atomic mass is 79.9. The summed E-state index contributed by atoms with van der Waals surface area (Å²) in [6.45, 7) is -0.101. The van der Waals surface area contributed by atoms with Gasteiger partial charge in [-0.15, -0.1) is 22.7 Å². The number of carbonyl (C=O) groups excluding carboxylic acids is 1. The molecule has 0 aliphatic rings. The minimum atomic E-state index is -1.15. The van der Waals surface area contributed by atoms with Crippen molar-refractivity contribution in [2.45, 2.75) is 6.04 Å². The van der Waals surface area contributed by atoms with Crippen molar-refractivity contribution >= 4 is 50.5 Å². The maximum absolute atomic E-state index is 12.0. The molecule has 0 bridgehead atoms. The van der Waals surface area contributed by atoms with Crippen molar-refractivity contribution in [1.82, 2.24) is 10.3 Å². The SMILES string of the molecule is COCC(NC(=O)c1csc(-c2ccc(Br)s2)n1)C(=O)O. The van der Waals surface area contributed by atoms with Gasteiger partial charge >= 0.3 is 5.97 Å². The minimum Gasteiger partial charge on any atom is -0.480 e. The molecule has 0 fully saturated rings. The molecule has 9 heteroatoms. The number of halogens is 1.